The van der Waals surface area contributed by atoms with Gasteiger partial charge < -0.3 is 19.9 Å². The molecule has 2 aromatic rings. The van der Waals surface area contributed by atoms with Crippen LogP contribution < -0.4 is 15.4 Å². The molecule has 0 saturated heterocycles. The summed E-state index contributed by atoms with van der Waals surface area (Å²) in [5, 5.41) is 5.68. The highest BCUT2D eigenvalue weighted by Gasteiger charge is 2.37. The van der Waals surface area contributed by atoms with Gasteiger partial charge in [0.05, 0.1) is 24.8 Å². The molecule has 1 aromatic heterocycles. The van der Waals surface area contributed by atoms with E-state index in [2.05, 4.69) is 15.6 Å². The van der Waals surface area contributed by atoms with Crippen LogP contribution in [0.1, 0.15) is 43.0 Å². The molecule has 4 rings (SSSR count). The van der Waals surface area contributed by atoms with Crippen molar-refractivity contribution in [3.63, 3.8) is 0 Å². The van der Waals surface area contributed by atoms with Crippen LogP contribution in [0.5, 0.6) is 5.75 Å². The van der Waals surface area contributed by atoms with Crippen LogP contribution in [0, 0.1) is 0 Å². The third-order valence-electron chi connectivity index (χ3n) is 5.86. The van der Waals surface area contributed by atoms with Gasteiger partial charge >= 0.3 is 6.18 Å². The van der Waals surface area contributed by atoms with Crippen LogP contribution in [0.25, 0.3) is 11.3 Å². The van der Waals surface area contributed by atoms with Gasteiger partial charge in [-0.25, -0.2) is 4.98 Å². The first-order chi connectivity index (χ1) is 14.3. The molecule has 0 bridgehead atoms. The fraction of sp³-hybridized carbons (Fsp3) is 0.524. The number of alkyl halides is 3. The molecule has 9 heteroatoms. The van der Waals surface area contributed by atoms with Gasteiger partial charge in [-0.3, -0.25) is 4.79 Å². The molecule has 2 N–H and O–H groups in total. The highest BCUT2D eigenvalue weighted by Crippen LogP contribution is 2.33. The smallest absolute Gasteiger partial charge is 0.403 e. The molecule has 1 aliphatic carbocycles. The summed E-state index contributed by atoms with van der Waals surface area (Å²) in [6, 6.07) is 3.59. The van der Waals surface area contributed by atoms with E-state index in [1.54, 1.807) is 24.7 Å². The summed E-state index contributed by atoms with van der Waals surface area (Å²) in [5.41, 5.74) is 2.26. The van der Waals surface area contributed by atoms with Gasteiger partial charge in [0, 0.05) is 23.2 Å². The van der Waals surface area contributed by atoms with E-state index >= 15 is 0 Å². The van der Waals surface area contributed by atoms with Crippen molar-refractivity contribution in [2.24, 2.45) is 0 Å². The molecular weight excluding hydrogens is 397 g/mol. The Labute approximate surface area is 172 Å². The number of aromatic nitrogens is 2. The Balaban J connectivity index is 1.37. The Bertz CT molecular complexity index is 904. The second-order valence-corrected chi connectivity index (χ2v) is 7.98. The number of ether oxygens (including phenoxy) is 1. The van der Waals surface area contributed by atoms with Gasteiger partial charge in [0.15, 0.2) is 0 Å². The molecule has 0 spiro atoms. The van der Waals surface area contributed by atoms with Crippen LogP contribution in [0.4, 0.5) is 13.2 Å². The molecular formula is C21H25F3N4O2. The number of imidazole rings is 1. The minimum Gasteiger partial charge on any atom is -0.491 e. The maximum atomic E-state index is 12.8. The van der Waals surface area contributed by atoms with Crippen molar-refractivity contribution in [2.45, 2.75) is 63.5 Å². The van der Waals surface area contributed by atoms with Crippen molar-refractivity contribution < 1.29 is 22.7 Å². The van der Waals surface area contributed by atoms with Crippen LogP contribution in [0.15, 0.2) is 30.7 Å². The SMILES string of the molecule is C[C@@H](NC1CCC(NC(=O)c2ccc3c(c2)-c2cncn2CCO3)CC1)C(F)(F)F. The highest BCUT2D eigenvalue weighted by atomic mass is 19.4. The van der Waals surface area contributed by atoms with Gasteiger partial charge in [-0.05, 0) is 50.8 Å². The lowest BCUT2D eigenvalue weighted by Gasteiger charge is -2.32. The van der Waals surface area contributed by atoms with Crippen molar-refractivity contribution in [1.82, 2.24) is 20.2 Å². The first kappa shape index (κ1) is 20.7. The Kier molecular flexibility index (Phi) is 5.73. The number of fused-ring (bicyclic) bond motifs is 3. The summed E-state index contributed by atoms with van der Waals surface area (Å²) >= 11 is 0. The first-order valence-electron chi connectivity index (χ1n) is 10.2. The topological polar surface area (TPSA) is 68.2 Å². The molecule has 1 saturated carbocycles. The lowest BCUT2D eigenvalue weighted by Crippen LogP contribution is -2.48. The van der Waals surface area contributed by atoms with E-state index in [-0.39, 0.29) is 18.0 Å². The maximum absolute atomic E-state index is 12.8. The Morgan fingerprint density at radius 2 is 1.97 bits per heavy atom. The van der Waals surface area contributed by atoms with Crippen LogP contribution in [0.3, 0.4) is 0 Å². The molecule has 1 amide bonds. The molecule has 1 aliphatic heterocycles. The van der Waals surface area contributed by atoms with Crippen molar-refractivity contribution >= 4 is 5.91 Å². The molecule has 0 radical (unpaired) electrons. The van der Waals surface area contributed by atoms with Gasteiger partial charge in [0.1, 0.15) is 18.4 Å². The number of hydrogen-bond acceptors (Lipinski definition) is 4. The molecule has 30 heavy (non-hydrogen) atoms. The van der Waals surface area contributed by atoms with Crippen molar-refractivity contribution in [1.29, 1.82) is 0 Å². The van der Waals surface area contributed by atoms with Crippen molar-refractivity contribution in [3.05, 3.63) is 36.3 Å². The van der Waals surface area contributed by atoms with Crippen LogP contribution in [-0.2, 0) is 6.54 Å². The van der Waals surface area contributed by atoms with Gasteiger partial charge in [-0.2, -0.15) is 13.2 Å². The molecule has 1 atom stereocenters. The zero-order chi connectivity index (χ0) is 21.3. The van der Waals surface area contributed by atoms with Crippen molar-refractivity contribution in [3.8, 4) is 17.0 Å². The summed E-state index contributed by atoms with van der Waals surface area (Å²) in [7, 11) is 0. The molecule has 1 fully saturated rings. The predicted octanol–water partition coefficient (Wildman–Crippen LogP) is 3.52. The third kappa shape index (κ3) is 4.45. The van der Waals surface area contributed by atoms with E-state index < -0.39 is 12.2 Å². The lowest BCUT2D eigenvalue weighted by atomic mass is 9.90. The largest absolute Gasteiger partial charge is 0.491 e. The second-order valence-electron chi connectivity index (χ2n) is 7.98. The highest BCUT2D eigenvalue weighted by molar-refractivity contribution is 5.96. The van der Waals surface area contributed by atoms with E-state index in [0.717, 1.165) is 23.9 Å². The van der Waals surface area contributed by atoms with Crippen LogP contribution >= 0.6 is 0 Å². The summed E-state index contributed by atoms with van der Waals surface area (Å²) in [5.74, 6) is 0.532. The Morgan fingerprint density at radius 1 is 1.23 bits per heavy atom. The Morgan fingerprint density at radius 3 is 2.70 bits per heavy atom. The van der Waals surface area contributed by atoms with E-state index in [1.807, 2.05) is 10.6 Å². The van der Waals surface area contributed by atoms with Gasteiger partial charge in [-0.15, -0.1) is 0 Å². The standard InChI is InChI=1S/C21H25F3N4O2/c1-13(21(22,23)24)26-15-3-5-16(6-4-15)27-20(29)14-2-7-19-17(10-14)18-11-25-12-28(18)8-9-30-19/h2,7,10-13,15-16,26H,3-6,8-9H2,1H3,(H,27,29)/t13-,15?,16?/m1/s1. The molecule has 0 unspecified atom stereocenters. The van der Waals surface area contributed by atoms with Gasteiger partial charge in [0.25, 0.3) is 5.91 Å². The third-order valence-corrected chi connectivity index (χ3v) is 5.86. The summed E-state index contributed by atoms with van der Waals surface area (Å²) in [6.45, 7) is 2.36. The number of carbonyl (C=O) groups excluding carboxylic acids is 1. The van der Waals surface area contributed by atoms with Gasteiger partial charge in [-0.1, -0.05) is 0 Å². The number of halogens is 3. The molecule has 162 valence electrons. The van der Waals surface area contributed by atoms with Crippen molar-refractivity contribution in [2.75, 3.05) is 6.61 Å². The van der Waals surface area contributed by atoms with E-state index in [1.165, 1.54) is 0 Å². The molecule has 2 heterocycles. The average molecular weight is 422 g/mol. The quantitative estimate of drug-likeness (QED) is 0.791. The fourth-order valence-electron chi connectivity index (χ4n) is 4.10. The zero-order valence-corrected chi connectivity index (χ0v) is 16.7. The fourth-order valence-corrected chi connectivity index (χ4v) is 4.10. The Hall–Kier alpha value is -2.55. The number of benzene rings is 1. The zero-order valence-electron chi connectivity index (χ0n) is 16.7. The van der Waals surface area contributed by atoms with E-state index in [9.17, 15) is 18.0 Å². The number of nitrogens with zero attached hydrogens (tertiary/aromatic N) is 2. The number of rotatable bonds is 4. The summed E-state index contributed by atoms with van der Waals surface area (Å²) in [4.78, 5) is 17.0. The minimum atomic E-state index is -4.24. The molecule has 6 nitrogen and oxygen atoms in total. The first-order valence-corrected chi connectivity index (χ1v) is 10.2. The van der Waals surface area contributed by atoms with Gasteiger partial charge in [0.2, 0.25) is 0 Å². The molecule has 1 aromatic carbocycles. The number of amides is 1. The van der Waals surface area contributed by atoms with E-state index in [4.69, 9.17) is 4.74 Å². The summed E-state index contributed by atoms with van der Waals surface area (Å²) < 4.78 is 45.9. The lowest BCUT2D eigenvalue weighted by molar-refractivity contribution is -0.153. The predicted molar refractivity (Wildman–Crippen MR) is 105 cm³/mol. The maximum Gasteiger partial charge on any atom is 0.403 e. The normalized spacial score (nSPS) is 22.3. The number of carbonyl (C=O) groups is 1. The molecule has 2 aliphatic rings. The number of hydrogen-bond donors (Lipinski definition) is 2. The average Bonchev–Trinajstić information content (AvgIpc) is 3.10. The van der Waals surface area contributed by atoms with E-state index in [0.29, 0.717) is 44.4 Å². The van der Waals surface area contributed by atoms with Crippen LogP contribution in [0.2, 0.25) is 0 Å². The monoisotopic (exact) mass is 422 g/mol. The van der Waals surface area contributed by atoms with Crippen LogP contribution in [-0.4, -0.2) is 46.4 Å². The minimum absolute atomic E-state index is 0.0441. The summed E-state index contributed by atoms with van der Waals surface area (Å²) in [6.07, 6.45) is 1.75. The number of nitrogens with one attached hydrogen (secondary N) is 2. The second kappa shape index (κ2) is 8.29.